The van der Waals surface area contributed by atoms with E-state index in [-0.39, 0.29) is 18.4 Å². The average Bonchev–Trinajstić information content (AvgIpc) is 2.64. The van der Waals surface area contributed by atoms with Crippen molar-refractivity contribution in [2.45, 2.75) is 31.4 Å². The van der Waals surface area contributed by atoms with Crippen LogP contribution in [0.25, 0.3) is 0 Å². The molecule has 29 heavy (non-hydrogen) atoms. The molecule has 0 spiro atoms. The van der Waals surface area contributed by atoms with Gasteiger partial charge >= 0.3 is 0 Å². The molecule has 2 fully saturated rings. The van der Waals surface area contributed by atoms with E-state index in [1.54, 1.807) is 23.9 Å². The summed E-state index contributed by atoms with van der Waals surface area (Å²) in [5.41, 5.74) is 0.996. The Morgan fingerprint density at radius 2 is 1.79 bits per heavy atom. The Labute approximate surface area is 168 Å². The summed E-state index contributed by atoms with van der Waals surface area (Å²) in [6.45, 7) is 2.99. The molecule has 0 radical (unpaired) electrons. The molecule has 0 amide bonds. The van der Waals surface area contributed by atoms with Gasteiger partial charge in [0.15, 0.2) is 0 Å². The summed E-state index contributed by atoms with van der Waals surface area (Å²) in [6.07, 6.45) is 3.03. The Kier molecular flexibility index (Phi) is 5.24. The van der Waals surface area contributed by atoms with Crippen molar-refractivity contribution < 1.29 is 8.78 Å². The number of hydrogen-bond donors (Lipinski definition) is 0. The van der Waals surface area contributed by atoms with Crippen LogP contribution in [0.2, 0.25) is 0 Å². The number of nitrogens with zero attached hydrogens (tertiary/aromatic N) is 6. The summed E-state index contributed by atoms with van der Waals surface area (Å²) < 4.78 is 28.3. The summed E-state index contributed by atoms with van der Waals surface area (Å²) in [5.74, 6) is -1.03. The van der Waals surface area contributed by atoms with Gasteiger partial charge in [-0.05, 0) is 18.7 Å². The molecule has 0 unspecified atom stereocenters. The van der Waals surface area contributed by atoms with Crippen molar-refractivity contribution in [3.63, 3.8) is 0 Å². The first kappa shape index (κ1) is 19.8. The van der Waals surface area contributed by atoms with Crippen molar-refractivity contribution in [3.8, 4) is 0 Å². The van der Waals surface area contributed by atoms with Crippen molar-refractivity contribution in [2.24, 2.45) is 7.05 Å². The van der Waals surface area contributed by atoms with E-state index < -0.39 is 5.92 Å². The third kappa shape index (κ3) is 4.39. The number of aromatic nitrogens is 3. The molecule has 2 aromatic heterocycles. The smallest absolute Gasteiger partial charge is 0.251 e. The molecule has 0 aromatic carbocycles. The van der Waals surface area contributed by atoms with E-state index in [2.05, 4.69) is 26.8 Å². The van der Waals surface area contributed by atoms with Crippen LogP contribution in [0.1, 0.15) is 18.4 Å². The molecule has 2 aliphatic rings. The fourth-order valence-electron chi connectivity index (χ4n) is 3.77. The minimum Gasteiger partial charge on any atom is -0.356 e. The van der Waals surface area contributed by atoms with Gasteiger partial charge in [0.05, 0.1) is 0 Å². The molecule has 0 atom stereocenters. The molecule has 9 heteroatoms. The Hall–Kier alpha value is -2.55. The molecule has 4 heterocycles. The number of anilines is 2. The monoisotopic (exact) mass is 404 g/mol. The number of alkyl halides is 2. The van der Waals surface area contributed by atoms with Crippen molar-refractivity contribution in [2.75, 3.05) is 43.0 Å². The maximum atomic E-state index is 13.4. The molecule has 0 aliphatic carbocycles. The van der Waals surface area contributed by atoms with Crippen molar-refractivity contribution in [1.29, 1.82) is 0 Å². The van der Waals surface area contributed by atoms with Crippen LogP contribution in [0, 0.1) is 0 Å². The molecular weight excluding hydrogens is 378 g/mol. The fraction of sp³-hybridized carbons (Fsp3) is 0.550. The molecule has 2 saturated heterocycles. The second-order valence-corrected chi connectivity index (χ2v) is 8.04. The van der Waals surface area contributed by atoms with Gasteiger partial charge in [-0.1, -0.05) is 0 Å². The van der Waals surface area contributed by atoms with Crippen LogP contribution >= 0.6 is 0 Å². The van der Waals surface area contributed by atoms with Crippen LogP contribution in [0.4, 0.5) is 20.4 Å². The zero-order valence-corrected chi connectivity index (χ0v) is 16.8. The van der Waals surface area contributed by atoms with Crippen LogP contribution in [-0.2, 0) is 13.6 Å². The molecule has 2 aliphatic heterocycles. The largest absolute Gasteiger partial charge is 0.356 e. The lowest BCUT2D eigenvalue weighted by Crippen LogP contribution is -2.58. The van der Waals surface area contributed by atoms with Gasteiger partial charge in [-0.3, -0.25) is 9.69 Å². The average molecular weight is 404 g/mol. The lowest BCUT2D eigenvalue weighted by atomic mass is 10.1. The van der Waals surface area contributed by atoms with Gasteiger partial charge in [-0.2, -0.15) is 0 Å². The van der Waals surface area contributed by atoms with E-state index in [4.69, 9.17) is 0 Å². The van der Waals surface area contributed by atoms with E-state index in [0.717, 1.165) is 24.5 Å². The summed E-state index contributed by atoms with van der Waals surface area (Å²) in [6, 6.07) is 5.89. The molecule has 4 rings (SSSR count). The SMILES string of the molecule is CN(Cc1ccn(C)c(=O)c1)C1CN(c2cc(N3CCC(F)(F)CC3)ncn2)C1. The number of hydrogen-bond acceptors (Lipinski definition) is 6. The maximum Gasteiger partial charge on any atom is 0.251 e. The second-order valence-electron chi connectivity index (χ2n) is 8.04. The lowest BCUT2D eigenvalue weighted by Gasteiger charge is -2.45. The highest BCUT2D eigenvalue weighted by Crippen LogP contribution is 2.31. The molecule has 0 saturated carbocycles. The van der Waals surface area contributed by atoms with Crippen LogP contribution < -0.4 is 15.4 Å². The molecule has 7 nitrogen and oxygen atoms in total. The molecular formula is C20H26F2N6O. The summed E-state index contributed by atoms with van der Waals surface area (Å²) in [7, 11) is 3.80. The number of rotatable bonds is 5. The number of piperidine rings is 1. The van der Waals surface area contributed by atoms with E-state index >= 15 is 0 Å². The van der Waals surface area contributed by atoms with E-state index in [0.29, 0.717) is 31.5 Å². The van der Waals surface area contributed by atoms with E-state index in [1.807, 2.05) is 17.0 Å². The van der Waals surface area contributed by atoms with Gasteiger partial charge in [0, 0.05) is 77.0 Å². The highest BCUT2D eigenvalue weighted by Gasteiger charge is 2.35. The number of likely N-dealkylation sites (N-methyl/N-ethyl adjacent to an activating group) is 1. The van der Waals surface area contributed by atoms with Gasteiger partial charge in [0.2, 0.25) is 0 Å². The predicted molar refractivity (Wildman–Crippen MR) is 108 cm³/mol. The first-order chi connectivity index (χ1) is 13.8. The Balaban J connectivity index is 1.33. The fourth-order valence-corrected chi connectivity index (χ4v) is 3.77. The summed E-state index contributed by atoms with van der Waals surface area (Å²) >= 11 is 0. The van der Waals surface area contributed by atoms with Gasteiger partial charge in [-0.15, -0.1) is 0 Å². The summed E-state index contributed by atoms with van der Waals surface area (Å²) in [4.78, 5) is 26.7. The van der Waals surface area contributed by atoms with Crippen LogP contribution in [0.15, 0.2) is 35.5 Å². The quantitative estimate of drug-likeness (QED) is 0.757. The van der Waals surface area contributed by atoms with Crippen molar-refractivity contribution in [3.05, 3.63) is 46.6 Å². The molecule has 2 aromatic rings. The van der Waals surface area contributed by atoms with Crippen molar-refractivity contribution in [1.82, 2.24) is 19.4 Å². The zero-order chi connectivity index (χ0) is 20.6. The topological polar surface area (TPSA) is 57.5 Å². The Morgan fingerprint density at radius 3 is 2.45 bits per heavy atom. The third-order valence-electron chi connectivity index (χ3n) is 5.87. The van der Waals surface area contributed by atoms with Gasteiger partial charge in [0.25, 0.3) is 11.5 Å². The van der Waals surface area contributed by atoms with Gasteiger partial charge < -0.3 is 14.4 Å². The minimum absolute atomic E-state index is 0.00451. The third-order valence-corrected chi connectivity index (χ3v) is 5.87. The minimum atomic E-state index is -2.56. The van der Waals surface area contributed by atoms with Crippen LogP contribution in [-0.4, -0.2) is 64.6 Å². The number of aryl methyl sites for hydroxylation is 1. The maximum absolute atomic E-state index is 13.4. The standard InChI is InChI=1S/C20H26F2N6O/c1-25-6-3-15(9-19(25)29)11-26(2)16-12-28(13-16)18-10-17(23-14-24-18)27-7-4-20(21,22)5-8-27/h3,6,9-10,14,16H,4-5,7-8,11-13H2,1-2H3. The highest BCUT2D eigenvalue weighted by atomic mass is 19.3. The normalized spacial score (nSPS) is 19.5. The first-order valence-electron chi connectivity index (χ1n) is 9.86. The van der Waals surface area contributed by atoms with E-state index in [9.17, 15) is 13.6 Å². The molecule has 0 N–H and O–H groups in total. The van der Waals surface area contributed by atoms with E-state index in [1.165, 1.54) is 6.33 Å². The van der Waals surface area contributed by atoms with Crippen molar-refractivity contribution >= 4 is 11.6 Å². The van der Waals surface area contributed by atoms with Gasteiger partial charge in [-0.25, -0.2) is 18.7 Å². The molecule has 0 bridgehead atoms. The van der Waals surface area contributed by atoms with Crippen LogP contribution in [0.3, 0.4) is 0 Å². The highest BCUT2D eigenvalue weighted by molar-refractivity contribution is 5.52. The Morgan fingerprint density at radius 1 is 1.14 bits per heavy atom. The number of halogens is 2. The molecule has 156 valence electrons. The second kappa shape index (κ2) is 7.70. The summed E-state index contributed by atoms with van der Waals surface area (Å²) in [5, 5.41) is 0. The lowest BCUT2D eigenvalue weighted by molar-refractivity contribution is -0.0221. The Bertz CT molecular complexity index is 917. The first-order valence-corrected chi connectivity index (χ1v) is 9.86. The van der Waals surface area contributed by atoms with Crippen LogP contribution in [0.5, 0.6) is 0 Å². The number of pyridine rings is 1. The predicted octanol–water partition coefficient (Wildman–Crippen LogP) is 1.73. The zero-order valence-electron chi connectivity index (χ0n) is 16.8. The van der Waals surface area contributed by atoms with Gasteiger partial charge in [0.1, 0.15) is 18.0 Å².